The first kappa shape index (κ1) is 20.9. The summed E-state index contributed by atoms with van der Waals surface area (Å²) in [5.74, 6) is -0.949. The largest absolute Gasteiger partial charge is 0.506 e. The van der Waals surface area contributed by atoms with Crippen LogP contribution in [0.3, 0.4) is 0 Å². The van der Waals surface area contributed by atoms with Gasteiger partial charge in [-0.05, 0) is 42.3 Å². The summed E-state index contributed by atoms with van der Waals surface area (Å²) in [6, 6.07) is 9.62. The molecule has 6 nitrogen and oxygen atoms in total. The number of sulfonamides is 1. The van der Waals surface area contributed by atoms with Gasteiger partial charge in [0.25, 0.3) is 0 Å². The Morgan fingerprint density at radius 3 is 2.33 bits per heavy atom. The minimum atomic E-state index is -3.70. The topological polar surface area (TPSA) is 86.7 Å². The van der Waals surface area contributed by atoms with Crippen molar-refractivity contribution in [2.45, 2.75) is 31.6 Å². The second-order valence-corrected chi connectivity index (χ2v) is 7.88. The Hall–Kier alpha value is -2.45. The molecule has 1 amide bonds. The first-order valence-corrected chi connectivity index (χ1v) is 10.1. The van der Waals surface area contributed by atoms with Crippen molar-refractivity contribution in [3.8, 4) is 5.75 Å². The molecule has 0 atom stereocenters. The molecule has 0 aromatic heterocycles. The first-order chi connectivity index (χ1) is 12.8. The van der Waals surface area contributed by atoms with Crippen molar-refractivity contribution in [3.05, 3.63) is 53.8 Å². The Labute approximate surface area is 158 Å². The fourth-order valence-corrected chi connectivity index (χ4v) is 4.09. The van der Waals surface area contributed by atoms with Crippen molar-refractivity contribution in [2.75, 3.05) is 18.4 Å². The van der Waals surface area contributed by atoms with Crippen LogP contribution in [-0.4, -0.2) is 36.8 Å². The number of hydrogen-bond donors (Lipinski definition) is 2. The van der Waals surface area contributed by atoms with E-state index in [4.69, 9.17) is 0 Å². The summed E-state index contributed by atoms with van der Waals surface area (Å²) in [6.07, 6.45) is 0.502. The van der Waals surface area contributed by atoms with E-state index in [2.05, 4.69) is 5.32 Å². The van der Waals surface area contributed by atoms with E-state index < -0.39 is 10.0 Å². The highest BCUT2D eigenvalue weighted by molar-refractivity contribution is 7.89. The molecule has 0 aliphatic heterocycles. The second-order valence-electron chi connectivity index (χ2n) is 5.94. The zero-order valence-corrected chi connectivity index (χ0v) is 16.1. The van der Waals surface area contributed by atoms with Gasteiger partial charge in [0.2, 0.25) is 15.9 Å². The van der Waals surface area contributed by atoms with Crippen LogP contribution in [0.5, 0.6) is 5.75 Å². The van der Waals surface area contributed by atoms with Gasteiger partial charge in [-0.15, -0.1) is 0 Å². The van der Waals surface area contributed by atoms with E-state index in [1.165, 1.54) is 34.6 Å². The number of nitrogens with one attached hydrogen (secondary N) is 1. The summed E-state index contributed by atoms with van der Waals surface area (Å²) < 4.78 is 39.4. The molecular formula is C19H23FN2O4S. The number of benzene rings is 2. The number of aryl methyl sites for hydroxylation is 1. The molecule has 0 unspecified atom stereocenters. The van der Waals surface area contributed by atoms with Gasteiger partial charge in [0.15, 0.2) is 0 Å². The van der Waals surface area contributed by atoms with Gasteiger partial charge in [-0.1, -0.05) is 26.0 Å². The fraction of sp³-hybridized carbons (Fsp3) is 0.316. The molecule has 2 aromatic carbocycles. The summed E-state index contributed by atoms with van der Waals surface area (Å²) in [5.41, 5.74) is 0.834. The molecule has 0 saturated carbocycles. The van der Waals surface area contributed by atoms with Gasteiger partial charge in [0.1, 0.15) is 11.6 Å². The lowest BCUT2D eigenvalue weighted by Crippen LogP contribution is -2.30. The molecule has 0 bridgehead atoms. The lowest BCUT2D eigenvalue weighted by molar-refractivity contribution is -0.116. The monoisotopic (exact) mass is 394 g/mol. The third-order valence-electron chi connectivity index (χ3n) is 4.14. The zero-order chi connectivity index (χ0) is 20.0. The quantitative estimate of drug-likeness (QED) is 0.674. The lowest BCUT2D eigenvalue weighted by atomic mass is 10.1. The normalized spacial score (nSPS) is 11.6. The van der Waals surface area contributed by atoms with Crippen molar-refractivity contribution in [3.63, 3.8) is 0 Å². The molecule has 0 aliphatic rings. The standard InChI is InChI=1S/C19H23FN2O4S/c1-3-22(4-2)27(25,26)16-10-11-18(23)17(13-16)21-19(24)12-7-14-5-8-15(20)9-6-14/h5-6,8-11,13,23H,3-4,7,12H2,1-2H3,(H,21,24). The molecule has 0 saturated heterocycles. The van der Waals surface area contributed by atoms with Crippen LogP contribution < -0.4 is 5.32 Å². The number of hydrogen-bond acceptors (Lipinski definition) is 4. The van der Waals surface area contributed by atoms with Crippen LogP contribution in [0.2, 0.25) is 0 Å². The van der Waals surface area contributed by atoms with Crippen LogP contribution in [0.15, 0.2) is 47.4 Å². The number of carbonyl (C=O) groups is 1. The molecule has 2 aromatic rings. The number of carbonyl (C=O) groups excluding carboxylic acids is 1. The molecule has 0 radical (unpaired) electrons. The van der Waals surface area contributed by atoms with Crippen molar-refractivity contribution in [1.82, 2.24) is 4.31 Å². The maximum absolute atomic E-state index is 12.9. The van der Waals surface area contributed by atoms with E-state index in [-0.39, 0.29) is 34.5 Å². The van der Waals surface area contributed by atoms with Crippen molar-refractivity contribution < 1.29 is 22.7 Å². The molecule has 0 aliphatic carbocycles. The molecule has 0 fully saturated rings. The van der Waals surface area contributed by atoms with Gasteiger partial charge in [0.05, 0.1) is 10.6 Å². The summed E-state index contributed by atoms with van der Waals surface area (Å²) in [7, 11) is -3.70. The van der Waals surface area contributed by atoms with Gasteiger partial charge < -0.3 is 10.4 Å². The molecule has 0 spiro atoms. The van der Waals surface area contributed by atoms with Gasteiger partial charge in [0, 0.05) is 19.5 Å². The molecular weight excluding hydrogens is 371 g/mol. The van der Waals surface area contributed by atoms with Crippen LogP contribution in [0, 0.1) is 5.82 Å². The number of nitrogens with zero attached hydrogens (tertiary/aromatic N) is 1. The number of halogens is 1. The third-order valence-corrected chi connectivity index (χ3v) is 6.19. The van der Waals surface area contributed by atoms with Crippen LogP contribution in [0.25, 0.3) is 0 Å². The molecule has 2 N–H and O–H groups in total. The van der Waals surface area contributed by atoms with Crippen LogP contribution in [0.1, 0.15) is 25.8 Å². The van der Waals surface area contributed by atoms with Gasteiger partial charge in [-0.2, -0.15) is 4.31 Å². The van der Waals surface area contributed by atoms with Gasteiger partial charge >= 0.3 is 0 Å². The van der Waals surface area contributed by atoms with E-state index in [0.29, 0.717) is 19.5 Å². The minimum absolute atomic E-state index is 0.00201. The lowest BCUT2D eigenvalue weighted by Gasteiger charge is -2.19. The summed E-state index contributed by atoms with van der Waals surface area (Å²) in [5, 5.41) is 12.5. The number of rotatable bonds is 8. The number of phenolic OH excluding ortho intramolecular Hbond substituents is 1. The smallest absolute Gasteiger partial charge is 0.243 e. The van der Waals surface area contributed by atoms with Crippen LogP contribution >= 0.6 is 0 Å². The Bertz CT molecular complexity index is 894. The van der Waals surface area contributed by atoms with Crippen LogP contribution in [0.4, 0.5) is 10.1 Å². The predicted octanol–water partition coefficient (Wildman–Crippen LogP) is 3.13. The Kier molecular flexibility index (Phi) is 6.92. The number of amides is 1. The van der Waals surface area contributed by atoms with E-state index in [1.54, 1.807) is 26.0 Å². The highest BCUT2D eigenvalue weighted by Crippen LogP contribution is 2.28. The third kappa shape index (κ3) is 5.27. The second kappa shape index (κ2) is 8.96. The maximum Gasteiger partial charge on any atom is 0.243 e. The zero-order valence-electron chi connectivity index (χ0n) is 15.3. The van der Waals surface area contributed by atoms with Crippen molar-refractivity contribution in [2.24, 2.45) is 0 Å². The van der Waals surface area contributed by atoms with E-state index >= 15 is 0 Å². The Morgan fingerprint density at radius 2 is 1.74 bits per heavy atom. The number of phenols is 1. The Balaban J connectivity index is 2.11. The van der Waals surface area contributed by atoms with Gasteiger partial charge in [-0.3, -0.25) is 4.79 Å². The van der Waals surface area contributed by atoms with Crippen LogP contribution in [-0.2, 0) is 21.2 Å². The molecule has 0 heterocycles. The number of aromatic hydroxyl groups is 1. The van der Waals surface area contributed by atoms with E-state index in [1.807, 2.05) is 0 Å². The summed E-state index contributed by atoms with van der Waals surface area (Å²) in [4.78, 5) is 12.2. The maximum atomic E-state index is 12.9. The van der Waals surface area contributed by atoms with Gasteiger partial charge in [-0.25, -0.2) is 12.8 Å². The minimum Gasteiger partial charge on any atom is -0.506 e. The van der Waals surface area contributed by atoms with E-state index in [0.717, 1.165) is 5.56 Å². The van der Waals surface area contributed by atoms with Crippen molar-refractivity contribution >= 4 is 21.6 Å². The number of anilines is 1. The first-order valence-electron chi connectivity index (χ1n) is 8.65. The molecule has 146 valence electrons. The molecule has 8 heteroatoms. The summed E-state index contributed by atoms with van der Waals surface area (Å²) in [6.45, 7) is 4.11. The highest BCUT2D eigenvalue weighted by atomic mass is 32.2. The summed E-state index contributed by atoms with van der Waals surface area (Å²) >= 11 is 0. The predicted molar refractivity (Wildman–Crippen MR) is 102 cm³/mol. The highest BCUT2D eigenvalue weighted by Gasteiger charge is 2.23. The fourth-order valence-electron chi connectivity index (χ4n) is 2.61. The SMILES string of the molecule is CCN(CC)S(=O)(=O)c1ccc(O)c(NC(=O)CCc2ccc(F)cc2)c1. The molecule has 2 rings (SSSR count). The molecule has 27 heavy (non-hydrogen) atoms. The van der Waals surface area contributed by atoms with E-state index in [9.17, 15) is 22.7 Å². The average molecular weight is 394 g/mol. The average Bonchev–Trinajstić information content (AvgIpc) is 2.63. The Morgan fingerprint density at radius 1 is 1.11 bits per heavy atom. The van der Waals surface area contributed by atoms with Crippen molar-refractivity contribution in [1.29, 1.82) is 0 Å².